The fourth-order valence-electron chi connectivity index (χ4n) is 2.76. The molecule has 0 aromatic carbocycles. The third kappa shape index (κ3) is 3.42. The maximum atomic E-state index is 11.2. The smallest absolute Gasteiger partial charge is 0.326 e. The number of aliphatic hydroxyl groups excluding tert-OH is 2. The quantitative estimate of drug-likeness (QED) is 0.397. The van der Waals surface area contributed by atoms with Gasteiger partial charge < -0.3 is 30.5 Å². The van der Waals surface area contributed by atoms with Crippen LogP contribution in [0.5, 0.6) is 0 Å². The number of imidazole rings is 1. The summed E-state index contributed by atoms with van der Waals surface area (Å²) in [5.41, 5.74) is 0.549. The van der Waals surface area contributed by atoms with Crippen LogP contribution in [-0.2, 0) is 14.3 Å². The van der Waals surface area contributed by atoms with E-state index in [4.69, 9.17) is 14.9 Å². The van der Waals surface area contributed by atoms with Gasteiger partial charge in [-0.3, -0.25) is 9.36 Å². The molecule has 140 valence electrons. The third-order valence-corrected chi connectivity index (χ3v) is 4.04. The molecule has 0 saturated carbocycles. The van der Waals surface area contributed by atoms with Gasteiger partial charge in [-0.2, -0.15) is 0 Å². The molecule has 2 aromatic rings. The Bertz CT molecular complexity index is 825. The number of hydrogen-bond donors (Lipinski definition) is 5. The number of carboxylic acid groups (broad SMARTS) is 2. The van der Waals surface area contributed by atoms with Crippen LogP contribution in [0.3, 0.4) is 0 Å². The van der Waals surface area contributed by atoms with Crippen molar-refractivity contribution in [1.82, 2.24) is 19.5 Å². The summed E-state index contributed by atoms with van der Waals surface area (Å²) >= 11 is 0. The molecule has 3 heterocycles. The molecule has 0 aliphatic carbocycles. The molecule has 0 spiro atoms. The predicted molar refractivity (Wildman–Crippen MR) is 84.2 cm³/mol. The van der Waals surface area contributed by atoms with Gasteiger partial charge in [0.25, 0.3) is 0 Å². The van der Waals surface area contributed by atoms with E-state index < -0.39 is 42.8 Å². The normalized spacial score (nSPS) is 23.8. The van der Waals surface area contributed by atoms with E-state index in [-0.39, 0.29) is 24.4 Å². The summed E-state index contributed by atoms with van der Waals surface area (Å²) in [5.74, 6) is -2.55. The SMILES string of the molecule is O=C(O)C[C@H](Nc1ncnc2c1ncn2[C@H]1C[C@H](O)[C@@H](CO)O1)C(=O)O. The van der Waals surface area contributed by atoms with Gasteiger partial charge in [-0.05, 0) is 0 Å². The first-order chi connectivity index (χ1) is 12.4. The second-order valence-corrected chi connectivity index (χ2v) is 5.79. The molecule has 0 amide bonds. The fourth-order valence-corrected chi connectivity index (χ4v) is 2.76. The van der Waals surface area contributed by atoms with Gasteiger partial charge in [0.05, 0.1) is 25.5 Å². The molecule has 1 aliphatic rings. The first-order valence-corrected chi connectivity index (χ1v) is 7.73. The molecule has 5 N–H and O–H groups in total. The lowest BCUT2D eigenvalue weighted by molar-refractivity contribution is -0.144. The Hall–Kier alpha value is -2.83. The van der Waals surface area contributed by atoms with Gasteiger partial charge in [0.1, 0.15) is 24.7 Å². The summed E-state index contributed by atoms with van der Waals surface area (Å²) in [6.07, 6.45) is -0.00826. The predicted octanol–water partition coefficient (Wildman–Crippen LogP) is -1.19. The molecule has 3 rings (SSSR count). The number of hydrogen-bond acceptors (Lipinski definition) is 9. The number of ether oxygens (including phenoxy) is 1. The Kier molecular flexibility index (Phi) is 4.97. The second kappa shape index (κ2) is 7.19. The monoisotopic (exact) mass is 367 g/mol. The third-order valence-electron chi connectivity index (χ3n) is 4.04. The maximum Gasteiger partial charge on any atom is 0.326 e. The summed E-state index contributed by atoms with van der Waals surface area (Å²) < 4.78 is 7.09. The number of aliphatic hydroxyl groups is 2. The molecule has 4 atom stereocenters. The standard InChI is InChI=1S/C14H17N5O7/c20-3-8-7(21)2-9(26-8)19-5-17-11-12(15-4-16-13(11)19)18-6(14(24)25)1-10(22)23/h4-9,20-21H,1-3H2,(H,22,23)(H,24,25)(H,15,16,18)/t6-,7-,8+,9+/m0/s1. The summed E-state index contributed by atoms with van der Waals surface area (Å²) in [4.78, 5) is 34.2. The summed E-state index contributed by atoms with van der Waals surface area (Å²) in [7, 11) is 0. The number of carbonyl (C=O) groups is 2. The molecule has 0 unspecified atom stereocenters. The molecule has 0 radical (unpaired) electrons. The largest absolute Gasteiger partial charge is 0.481 e. The minimum atomic E-state index is -1.39. The molecule has 1 saturated heterocycles. The van der Waals surface area contributed by atoms with E-state index in [1.807, 2.05) is 0 Å². The Morgan fingerprint density at radius 3 is 2.73 bits per heavy atom. The van der Waals surface area contributed by atoms with E-state index in [0.717, 1.165) is 0 Å². The lowest BCUT2D eigenvalue weighted by atomic mass is 10.2. The number of aliphatic carboxylic acids is 2. The van der Waals surface area contributed by atoms with Gasteiger partial charge in [-0.25, -0.2) is 19.7 Å². The van der Waals surface area contributed by atoms with Crippen LogP contribution in [0, 0.1) is 0 Å². The van der Waals surface area contributed by atoms with Crippen LogP contribution in [0.2, 0.25) is 0 Å². The highest BCUT2D eigenvalue weighted by Crippen LogP contribution is 2.31. The zero-order valence-electron chi connectivity index (χ0n) is 13.4. The van der Waals surface area contributed by atoms with E-state index in [2.05, 4.69) is 20.3 Å². The lowest BCUT2D eigenvalue weighted by Crippen LogP contribution is -2.32. The van der Waals surface area contributed by atoms with Crippen molar-refractivity contribution in [3.8, 4) is 0 Å². The van der Waals surface area contributed by atoms with Crippen molar-refractivity contribution in [1.29, 1.82) is 0 Å². The van der Waals surface area contributed by atoms with Crippen LogP contribution < -0.4 is 5.32 Å². The molecule has 2 aromatic heterocycles. The Morgan fingerprint density at radius 2 is 2.12 bits per heavy atom. The van der Waals surface area contributed by atoms with Crippen molar-refractivity contribution in [3.63, 3.8) is 0 Å². The van der Waals surface area contributed by atoms with Crippen molar-refractivity contribution in [3.05, 3.63) is 12.7 Å². The van der Waals surface area contributed by atoms with Crippen molar-refractivity contribution in [2.45, 2.75) is 37.3 Å². The van der Waals surface area contributed by atoms with Crippen molar-refractivity contribution >= 4 is 28.9 Å². The number of nitrogens with zero attached hydrogens (tertiary/aromatic N) is 4. The van der Waals surface area contributed by atoms with Gasteiger partial charge in [0, 0.05) is 6.42 Å². The maximum absolute atomic E-state index is 11.2. The molecule has 0 bridgehead atoms. The molecule has 12 nitrogen and oxygen atoms in total. The number of nitrogens with one attached hydrogen (secondary N) is 1. The van der Waals surface area contributed by atoms with Crippen molar-refractivity contribution in [2.75, 3.05) is 11.9 Å². The first-order valence-electron chi connectivity index (χ1n) is 7.73. The molecule has 12 heteroatoms. The molecule has 1 fully saturated rings. The zero-order chi connectivity index (χ0) is 18.8. The molecular weight excluding hydrogens is 350 g/mol. The topological polar surface area (TPSA) is 180 Å². The number of aromatic nitrogens is 4. The van der Waals surface area contributed by atoms with Crippen LogP contribution in [0.1, 0.15) is 19.1 Å². The molecular formula is C14H17N5O7. The number of fused-ring (bicyclic) bond motifs is 1. The van der Waals surface area contributed by atoms with Crippen LogP contribution in [0.25, 0.3) is 11.2 Å². The van der Waals surface area contributed by atoms with Gasteiger partial charge in [-0.15, -0.1) is 0 Å². The van der Waals surface area contributed by atoms with Gasteiger partial charge in [0.15, 0.2) is 17.0 Å². The first kappa shape index (κ1) is 18.0. The number of anilines is 1. The number of rotatable bonds is 7. The average molecular weight is 367 g/mol. The zero-order valence-corrected chi connectivity index (χ0v) is 13.4. The van der Waals surface area contributed by atoms with Crippen LogP contribution in [-0.4, -0.2) is 76.7 Å². The highest BCUT2D eigenvalue weighted by molar-refractivity contribution is 5.88. The van der Waals surface area contributed by atoms with Crippen LogP contribution in [0.4, 0.5) is 5.82 Å². The Morgan fingerprint density at radius 1 is 1.35 bits per heavy atom. The fraction of sp³-hybridized carbons (Fsp3) is 0.500. The summed E-state index contributed by atoms with van der Waals surface area (Å²) in [6, 6.07) is -1.39. The minimum Gasteiger partial charge on any atom is -0.481 e. The average Bonchev–Trinajstić information content (AvgIpc) is 3.17. The van der Waals surface area contributed by atoms with Gasteiger partial charge >= 0.3 is 11.9 Å². The van der Waals surface area contributed by atoms with E-state index in [1.165, 1.54) is 17.2 Å². The van der Waals surface area contributed by atoms with Gasteiger partial charge in [-0.1, -0.05) is 0 Å². The number of carboxylic acids is 2. The second-order valence-electron chi connectivity index (χ2n) is 5.79. The highest BCUT2D eigenvalue weighted by Gasteiger charge is 2.35. The summed E-state index contributed by atoms with van der Waals surface area (Å²) in [5, 5.41) is 39.6. The van der Waals surface area contributed by atoms with Crippen molar-refractivity contribution < 1.29 is 34.8 Å². The van der Waals surface area contributed by atoms with E-state index >= 15 is 0 Å². The highest BCUT2D eigenvalue weighted by atomic mass is 16.5. The van der Waals surface area contributed by atoms with Crippen LogP contribution >= 0.6 is 0 Å². The minimum absolute atomic E-state index is 0.0691. The summed E-state index contributed by atoms with van der Waals surface area (Å²) in [6.45, 7) is -0.332. The van der Waals surface area contributed by atoms with E-state index in [0.29, 0.717) is 5.65 Å². The molecule has 1 aliphatic heterocycles. The molecule has 26 heavy (non-hydrogen) atoms. The van der Waals surface area contributed by atoms with Crippen molar-refractivity contribution in [2.24, 2.45) is 0 Å². The Balaban J connectivity index is 1.89. The van der Waals surface area contributed by atoms with Gasteiger partial charge in [0.2, 0.25) is 0 Å². The Labute approximate surface area is 146 Å². The van der Waals surface area contributed by atoms with Crippen LogP contribution in [0.15, 0.2) is 12.7 Å². The van der Waals surface area contributed by atoms with E-state index in [1.54, 1.807) is 0 Å². The van der Waals surface area contributed by atoms with E-state index in [9.17, 15) is 19.8 Å². The lowest BCUT2D eigenvalue weighted by Gasteiger charge is -2.15.